The SMILES string of the molecule is O=Cc1ccc(-c2cccc(Cl)c2-n2ccnc2)o1. The van der Waals surface area contributed by atoms with Gasteiger partial charge in [0.25, 0.3) is 0 Å². The first-order valence-electron chi connectivity index (χ1n) is 5.62. The molecule has 4 nitrogen and oxygen atoms in total. The summed E-state index contributed by atoms with van der Waals surface area (Å²) in [5.41, 5.74) is 1.58. The summed E-state index contributed by atoms with van der Waals surface area (Å²) in [6.45, 7) is 0. The van der Waals surface area contributed by atoms with Crippen LogP contribution in [0.2, 0.25) is 5.02 Å². The van der Waals surface area contributed by atoms with Crippen LogP contribution in [0.3, 0.4) is 0 Å². The van der Waals surface area contributed by atoms with Gasteiger partial charge < -0.3 is 8.98 Å². The predicted octanol–water partition coefficient (Wildman–Crippen LogP) is 3.60. The number of benzene rings is 1. The number of para-hydroxylation sites is 1. The highest BCUT2D eigenvalue weighted by Crippen LogP contribution is 2.33. The van der Waals surface area contributed by atoms with Gasteiger partial charge in [0.1, 0.15) is 5.76 Å². The van der Waals surface area contributed by atoms with Gasteiger partial charge in [-0.15, -0.1) is 0 Å². The van der Waals surface area contributed by atoms with Gasteiger partial charge in [-0.25, -0.2) is 4.98 Å². The molecule has 0 atom stereocenters. The van der Waals surface area contributed by atoms with Crippen molar-refractivity contribution in [3.8, 4) is 17.0 Å². The lowest BCUT2D eigenvalue weighted by Gasteiger charge is -2.10. The second kappa shape index (κ2) is 4.74. The predicted molar refractivity (Wildman–Crippen MR) is 71.7 cm³/mol. The molecule has 1 aromatic carbocycles. The highest BCUT2D eigenvalue weighted by Gasteiger charge is 2.13. The standard InChI is InChI=1S/C14H9ClN2O2/c15-12-3-1-2-11(13-5-4-10(8-18)19-13)14(12)17-7-6-16-9-17/h1-9H. The zero-order valence-corrected chi connectivity index (χ0v) is 10.5. The van der Waals surface area contributed by atoms with Crippen molar-refractivity contribution in [2.45, 2.75) is 0 Å². The molecule has 0 fully saturated rings. The second-order valence-corrected chi connectivity index (χ2v) is 4.33. The highest BCUT2D eigenvalue weighted by atomic mass is 35.5. The van der Waals surface area contributed by atoms with E-state index in [0.717, 1.165) is 11.3 Å². The number of nitrogens with zero attached hydrogens (tertiary/aromatic N) is 2. The van der Waals surface area contributed by atoms with E-state index in [1.165, 1.54) is 0 Å². The number of aldehydes is 1. The minimum Gasteiger partial charge on any atom is -0.453 e. The molecule has 0 unspecified atom stereocenters. The van der Waals surface area contributed by atoms with Gasteiger partial charge in [-0.1, -0.05) is 17.7 Å². The largest absolute Gasteiger partial charge is 0.453 e. The van der Waals surface area contributed by atoms with Crippen LogP contribution in [0.4, 0.5) is 0 Å². The Bertz CT molecular complexity index is 717. The molecule has 0 amide bonds. The van der Waals surface area contributed by atoms with Crippen molar-refractivity contribution in [2.75, 3.05) is 0 Å². The molecule has 2 heterocycles. The van der Waals surface area contributed by atoms with Crippen molar-refractivity contribution in [1.29, 1.82) is 0 Å². The molecule has 0 aliphatic rings. The summed E-state index contributed by atoms with van der Waals surface area (Å²) in [6.07, 6.45) is 5.81. The lowest BCUT2D eigenvalue weighted by molar-refractivity contribution is 0.110. The van der Waals surface area contributed by atoms with Crippen LogP contribution in [0.15, 0.2) is 53.5 Å². The molecule has 94 valence electrons. The first-order chi connectivity index (χ1) is 9.29. The molecule has 0 radical (unpaired) electrons. The molecule has 0 saturated heterocycles. The Kier molecular flexibility index (Phi) is 2.93. The van der Waals surface area contributed by atoms with E-state index >= 15 is 0 Å². The Balaban J connectivity index is 2.21. The number of carbonyl (C=O) groups excluding carboxylic acids is 1. The van der Waals surface area contributed by atoms with Gasteiger partial charge >= 0.3 is 0 Å². The molecule has 0 bridgehead atoms. The summed E-state index contributed by atoms with van der Waals surface area (Å²) < 4.78 is 7.26. The summed E-state index contributed by atoms with van der Waals surface area (Å²) in [5, 5.41) is 0.583. The van der Waals surface area contributed by atoms with Gasteiger partial charge in [-0.2, -0.15) is 0 Å². The molecule has 0 saturated carbocycles. The number of furan rings is 1. The molecule has 2 aromatic heterocycles. The minimum absolute atomic E-state index is 0.284. The molecule has 5 heteroatoms. The van der Waals surface area contributed by atoms with E-state index in [0.29, 0.717) is 17.1 Å². The van der Waals surface area contributed by atoms with Crippen LogP contribution in [-0.4, -0.2) is 15.8 Å². The van der Waals surface area contributed by atoms with Gasteiger partial charge in [0.05, 0.1) is 17.0 Å². The number of aromatic nitrogens is 2. The lowest BCUT2D eigenvalue weighted by atomic mass is 10.1. The van der Waals surface area contributed by atoms with Gasteiger partial charge in [0, 0.05) is 18.0 Å². The Labute approximate surface area is 114 Å². The number of imidazole rings is 1. The molecular formula is C14H9ClN2O2. The second-order valence-electron chi connectivity index (χ2n) is 3.93. The van der Waals surface area contributed by atoms with E-state index in [4.69, 9.17) is 16.0 Å². The van der Waals surface area contributed by atoms with Crippen molar-refractivity contribution in [1.82, 2.24) is 9.55 Å². The van der Waals surface area contributed by atoms with Crippen LogP contribution >= 0.6 is 11.6 Å². The normalized spacial score (nSPS) is 10.6. The summed E-state index contributed by atoms with van der Waals surface area (Å²) in [4.78, 5) is 14.7. The average molecular weight is 273 g/mol. The highest BCUT2D eigenvalue weighted by molar-refractivity contribution is 6.33. The Morgan fingerprint density at radius 2 is 2.16 bits per heavy atom. The molecule has 3 rings (SSSR count). The van der Waals surface area contributed by atoms with Gasteiger partial charge in [-0.3, -0.25) is 4.79 Å². The monoisotopic (exact) mass is 272 g/mol. The van der Waals surface area contributed by atoms with Crippen LogP contribution in [0.5, 0.6) is 0 Å². The van der Waals surface area contributed by atoms with Crippen molar-refractivity contribution in [2.24, 2.45) is 0 Å². The number of hydrogen-bond donors (Lipinski definition) is 0. The van der Waals surface area contributed by atoms with Crippen LogP contribution < -0.4 is 0 Å². The number of rotatable bonds is 3. The fourth-order valence-electron chi connectivity index (χ4n) is 1.93. The zero-order chi connectivity index (χ0) is 13.2. The third-order valence-corrected chi connectivity index (χ3v) is 3.06. The summed E-state index contributed by atoms with van der Waals surface area (Å²) >= 11 is 6.25. The Hall–Kier alpha value is -2.33. The average Bonchev–Trinajstić information content (AvgIpc) is 3.09. The van der Waals surface area contributed by atoms with E-state index in [9.17, 15) is 4.79 Å². The van der Waals surface area contributed by atoms with Crippen LogP contribution in [0.25, 0.3) is 17.0 Å². The summed E-state index contributed by atoms with van der Waals surface area (Å²) in [7, 11) is 0. The number of carbonyl (C=O) groups is 1. The van der Waals surface area contributed by atoms with Crippen LogP contribution in [-0.2, 0) is 0 Å². The molecule has 0 spiro atoms. The maximum absolute atomic E-state index is 10.7. The van der Waals surface area contributed by atoms with Crippen LogP contribution in [0, 0.1) is 0 Å². The van der Waals surface area contributed by atoms with E-state index in [1.54, 1.807) is 41.5 Å². The fourth-order valence-corrected chi connectivity index (χ4v) is 2.20. The molecule has 0 N–H and O–H groups in total. The maximum atomic E-state index is 10.7. The molecular weight excluding hydrogens is 264 g/mol. The van der Waals surface area contributed by atoms with Gasteiger partial charge in [0.2, 0.25) is 0 Å². The Morgan fingerprint density at radius 1 is 1.26 bits per heavy atom. The third kappa shape index (κ3) is 2.06. The molecule has 0 aliphatic carbocycles. The molecule has 0 aliphatic heterocycles. The summed E-state index contributed by atoms with van der Waals surface area (Å²) in [6, 6.07) is 8.89. The van der Waals surface area contributed by atoms with Crippen molar-refractivity contribution in [3.63, 3.8) is 0 Å². The first-order valence-corrected chi connectivity index (χ1v) is 5.99. The Morgan fingerprint density at radius 3 is 2.84 bits per heavy atom. The van der Waals surface area contributed by atoms with E-state index < -0.39 is 0 Å². The first kappa shape index (κ1) is 11.7. The smallest absolute Gasteiger partial charge is 0.185 e. The fraction of sp³-hybridized carbons (Fsp3) is 0. The molecule has 3 aromatic rings. The van der Waals surface area contributed by atoms with Crippen molar-refractivity contribution >= 4 is 17.9 Å². The van der Waals surface area contributed by atoms with E-state index in [1.807, 2.05) is 12.1 Å². The molecule has 19 heavy (non-hydrogen) atoms. The van der Waals surface area contributed by atoms with E-state index in [-0.39, 0.29) is 5.76 Å². The van der Waals surface area contributed by atoms with Gasteiger partial charge in [-0.05, 0) is 24.3 Å². The summed E-state index contributed by atoms with van der Waals surface area (Å²) in [5.74, 6) is 0.875. The number of halogens is 1. The zero-order valence-electron chi connectivity index (χ0n) is 9.79. The lowest BCUT2D eigenvalue weighted by Crippen LogP contribution is -1.94. The van der Waals surface area contributed by atoms with E-state index in [2.05, 4.69) is 4.98 Å². The van der Waals surface area contributed by atoms with Crippen molar-refractivity contribution < 1.29 is 9.21 Å². The topological polar surface area (TPSA) is 48.0 Å². The number of hydrogen-bond acceptors (Lipinski definition) is 3. The maximum Gasteiger partial charge on any atom is 0.185 e. The quantitative estimate of drug-likeness (QED) is 0.685. The third-order valence-electron chi connectivity index (χ3n) is 2.76. The minimum atomic E-state index is 0.284. The van der Waals surface area contributed by atoms with Gasteiger partial charge in [0.15, 0.2) is 12.0 Å². The van der Waals surface area contributed by atoms with Crippen molar-refractivity contribution in [3.05, 3.63) is 59.8 Å². The van der Waals surface area contributed by atoms with Crippen LogP contribution in [0.1, 0.15) is 10.6 Å².